The van der Waals surface area contributed by atoms with E-state index < -0.39 is 14.7 Å². The van der Waals surface area contributed by atoms with Crippen LogP contribution in [-0.4, -0.2) is 5.97 Å². The van der Waals surface area contributed by atoms with Crippen molar-refractivity contribution in [1.82, 2.24) is 0 Å². The Morgan fingerprint density at radius 2 is 1.42 bits per heavy atom. The van der Waals surface area contributed by atoms with Gasteiger partial charge in [0.05, 0.1) is 15.1 Å². The van der Waals surface area contributed by atoms with Crippen molar-refractivity contribution in [2.24, 2.45) is 0 Å². The molecule has 0 aromatic heterocycles. The number of esters is 1. The first-order valence-corrected chi connectivity index (χ1v) is 9.52. The Morgan fingerprint density at radius 3 is 1.92 bits per heavy atom. The highest BCUT2D eigenvalue weighted by Gasteiger charge is 2.22. The van der Waals surface area contributed by atoms with E-state index in [1.54, 1.807) is 31.2 Å². The first-order chi connectivity index (χ1) is 12.3. The molecule has 0 amide bonds. The molecule has 0 N–H and O–H groups in total. The molecule has 0 radical (unpaired) electrons. The first-order valence-electron chi connectivity index (χ1n) is 6.82. The SMILES string of the molecule is C/C(=C\C(=O)Oc1c(Cl)c(Cl)c(Cl)c(Cl)c1Cl)c1ccc(O[PH+]=O)cc1. The van der Waals surface area contributed by atoms with Crippen LogP contribution in [-0.2, 0) is 9.36 Å². The van der Waals surface area contributed by atoms with Crippen LogP contribution in [0.15, 0.2) is 30.3 Å². The van der Waals surface area contributed by atoms with Crippen molar-refractivity contribution < 1.29 is 18.6 Å². The van der Waals surface area contributed by atoms with E-state index in [0.29, 0.717) is 11.3 Å². The molecule has 0 bridgehead atoms. The summed E-state index contributed by atoms with van der Waals surface area (Å²) in [5.41, 5.74) is 1.33. The molecule has 2 aromatic carbocycles. The number of benzene rings is 2. The Kier molecular flexibility index (Phi) is 7.60. The van der Waals surface area contributed by atoms with Crippen LogP contribution in [0.1, 0.15) is 12.5 Å². The van der Waals surface area contributed by atoms with Gasteiger partial charge >= 0.3 is 14.7 Å². The Labute approximate surface area is 175 Å². The normalized spacial score (nSPS) is 11.5. The molecular formula is C16H9Cl5O4P+. The number of carbonyl (C=O) groups is 1. The molecule has 1 unspecified atom stereocenters. The second-order valence-electron chi connectivity index (χ2n) is 4.86. The lowest BCUT2D eigenvalue weighted by Crippen LogP contribution is -2.06. The van der Waals surface area contributed by atoms with Crippen molar-refractivity contribution >= 4 is 78.2 Å². The third-order valence-corrected chi connectivity index (χ3v) is 5.74. The largest absolute Gasteiger partial charge is 0.542 e. The lowest BCUT2D eigenvalue weighted by molar-refractivity contribution is -0.128. The second kappa shape index (κ2) is 9.27. The lowest BCUT2D eigenvalue weighted by Gasteiger charge is -2.11. The van der Waals surface area contributed by atoms with E-state index >= 15 is 0 Å². The molecule has 0 fully saturated rings. The Morgan fingerprint density at radius 1 is 0.923 bits per heavy atom. The van der Waals surface area contributed by atoms with Crippen LogP contribution in [0.3, 0.4) is 0 Å². The number of halogens is 5. The molecule has 4 nitrogen and oxygen atoms in total. The van der Waals surface area contributed by atoms with Crippen LogP contribution in [0.4, 0.5) is 0 Å². The van der Waals surface area contributed by atoms with Crippen molar-refractivity contribution in [3.05, 3.63) is 61.0 Å². The molecule has 0 heterocycles. The van der Waals surface area contributed by atoms with Gasteiger partial charge in [-0.15, -0.1) is 0 Å². The minimum atomic E-state index is -0.894. The van der Waals surface area contributed by atoms with E-state index in [-0.39, 0.29) is 30.9 Å². The van der Waals surface area contributed by atoms with E-state index in [4.69, 9.17) is 67.3 Å². The highest BCUT2D eigenvalue weighted by Crippen LogP contribution is 2.48. The van der Waals surface area contributed by atoms with E-state index in [0.717, 1.165) is 5.56 Å². The van der Waals surface area contributed by atoms with Crippen LogP contribution in [0, 0.1) is 0 Å². The van der Waals surface area contributed by atoms with Gasteiger partial charge in [0.15, 0.2) is 11.5 Å². The highest BCUT2D eigenvalue weighted by atomic mass is 35.5. The van der Waals surface area contributed by atoms with Gasteiger partial charge in [-0.3, -0.25) is 4.52 Å². The summed E-state index contributed by atoms with van der Waals surface area (Å²) in [6, 6.07) is 6.64. The molecule has 1 atom stereocenters. The van der Waals surface area contributed by atoms with Gasteiger partial charge in [-0.05, 0) is 34.8 Å². The third-order valence-electron chi connectivity index (χ3n) is 3.18. The number of allylic oxidation sites excluding steroid dienone is 1. The minimum Gasteiger partial charge on any atom is -0.420 e. The van der Waals surface area contributed by atoms with E-state index in [1.165, 1.54) is 6.08 Å². The van der Waals surface area contributed by atoms with Crippen molar-refractivity contribution in [2.45, 2.75) is 6.92 Å². The van der Waals surface area contributed by atoms with Gasteiger partial charge in [0, 0.05) is 6.08 Å². The number of ether oxygens (including phenoxy) is 1. The zero-order chi connectivity index (χ0) is 19.4. The van der Waals surface area contributed by atoms with Crippen LogP contribution < -0.4 is 9.26 Å². The molecule has 2 aromatic rings. The summed E-state index contributed by atoms with van der Waals surface area (Å²) < 4.78 is 20.5. The lowest BCUT2D eigenvalue weighted by atomic mass is 10.1. The van der Waals surface area contributed by atoms with Crippen molar-refractivity contribution in [2.75, 3.05) is 0 Å². The Bertz CT molecular complexity index is 867. The maximum absolute atomic E-state index is 12.2. The summed E-state index contributed by atoms with van der Waals surface area (Å²) in [5.74, 6) is -0.467. The van der Waals surface area contributed by atoms with E-state index in [2.05, 4.69) is 0 Å². The number of rotatable bonds is 5. The molecule has 136 valence electrons. The summed E-state index contributed by atoms with van der Waals surface area (Å²) in [6.45, 7) is 1.71. The number of hydrogen-bond donors (Lipinski definition) is 0. The standard InChI is InChI=1S/C16H9Cl5O4P/c1-7(8-2-4-9(5-3-8)25-26-23)6-10(22)24-16-14(20)12(18)11(17)13(19)15(16)21/h2-6,26H,1H3/q+1/b7-6+. The fourth-order valence-corrected chi connectivity index (χ4v) is 3.33. The van der Waals surface area contributed by atoms with Crippen molar-refractivity contribution in [1.29, 1.82) is 0 Å². The maximum Gasteiger partial charge on any atom is 0.542 e. The predicted molar refractivity (Wildman–Crippen MR) is 107 cm³/mol. The average molecular weight is 473 g/mol. The quantitative estimate of drug-likeness (QED) is 0.114. The summed E-state index contributed by atoms with van der Waals surface area (Å²) in [6.07, 6.45) is 1.24. The van der Waals surface area contributed by atoms with Crippen LogP contribution >= 0.6 is 66.7 Å². The van der Waals surface area contributed by atoms with Crippen molar-refractivity contribution in [3.8, 4) is 11.5 Å². The maximum atomic E-state index is 12.2. The molecule has 0 spiro atoms. The molecular weight excluding hydrogens is 464 g/mol. The molecule has 0 saturated heterocycles. The smallest absolute Gasteiger partial charge is 0.420 e. The number of hydrogen-bond acceptors (Lipinski definition) is 4. The number of carbonyl (C=O) groups excluding carboxylic acids is 1. The summed E-state index contributed by atoms with van der Waals surface area (Å²) in [4.78, 5) is 12.2. The van der Waals surface area contributed by atoms with Crippen LogP contribution in [0.5, 0.6) is 11.5 Å². The average Bonchev–Trinajstić information content (AvgIpc) is 2.63. The molecule has 26 heavy (non-hydrogen) atoms. The first kappa shape index (κ1) is 21.3. The van der Waals surface area contributed by atoms with Crippen LogP contribution in [0.2, 0.25) is 25.1 Å². The van der Waals surface area contributed by atoms with Crippen molar-refractivity contribution in [3.63, 3.8) is 0 Å². The molecule has 0 aliphatic heterocycles. The van der Waals surface area contributed by atoms with Gasteiger partial charge in [-0.25, -0.2) is 4.79 Å². The Balaban J connectivity index is 2.25. The van der Waals surface area contributed by atoms with Gasteiger partial charge < -0.3 is 4.74 Å². The zero-order valence-corrected chi connectivity index (χ0v) is 17.7. The topological polar surface area (TPSA) is 52.6 Å². The highest BCUT2D eigenvalue weighted by molar-refractivity contribution is 7.17. The third kappa shape index (κ3) is 4.83. The van der Waals surface area contributed by atoms with E-state index in [1.807, 2.05) is 0 Å². The minimum absolute atomic E-state index is 0.0316. The molecule has 0 aliphatic carbocycles. The predicted octanol–water partition coefficient (Wildman–Crippen LogP) is 7.28. The monoisotopic (exact) mass is 471 g/mol. The van der Waals surface area contributed by atoms with Gasteiger partial charge in [-0.2, -0.15) is 0 Å². The summed E-state index contributed by atoms with van der Waals surface area (Å²) >= 11 is 29.8. The van der Waals surface area contributed by atoms with E-state index in [9.17, 15) is 9.36 Å². The molecule has 0 aliphatic rings. The molecule has 0 saturated carbocycles. The summed E-state index contributed by atoms with van der Waals surface area (Å²) in [5, 5.41) is -0.409. The molecule has 2 rings (SSSR count). The van der Waals surface area contributed by atoms with Gasteiger partial charge in [0.1, 0.15) is 10.0 Å². The van der Waals surface area contributed by atoms with Gasteiger partial charge in [0.25, 0.3) is 0 Å². The summed E-state index contributed by atoms with van der Waals surface area (Å²) in [7, 11) is -0.894. The van der Waals surface area contributed by atoms with Gasteiger partial charge in [0.2, 0.25) is 0 Å². The Hall–Kier alpha value is -1.00. The second-order valence-corrected chi connectivity index (χ2v) is 7.12. The fourth-order valence-electron chi connectivity index (χ4n) is 1.90. The zero-order valence-electron chi connectivity index (χ0n) is 12.9. The fraction of sp³-hybridized carbons (Fsp3) is 0.0625. The van der Waals surface area contributed by atoms with Crippen LogP contribution in [0.25, 0.3) is 5.57 Å². The van der Waals surface area contributed by atoms with Gasteiger partial charge in [-0.1, -0.05) is 70.1 Å². The molecule has 10 heteroatoms.